The van der Waals surface area contributed by atoms with E-state index in [0.717, 1.165) is 0 Å². The van der Waals surface area contributed by atoms with Gasteiger partial charge >= 0.3 is 0 Å². The van der Waals surface area contributed by atoms with Crippen molar-refractivity contribution in [3.05, 3.63) is 0 Å². The summed E-state index contributed by atoms with van der Waals surface area (Å²) in [5, 5.41) is 2.86. The Kier molecular flexibility index (Phi) is 3.87. The summed E-state index contributed by atoms with van der Waals surface area (Å²) in [5.74, 6) is 1.39. The minimum absolute atomic E-state index is 0.0753. The van der Waals surface area contributed by atoms with Crippen LogP contribution >= 0.6 is 23.2 Å². The van der Waals surface area contributed by atoms with Gasteiger partial charge in [-0.05, 0) is 25.7 Å². The lowest BCUT2D eigenvalue weighted by molar-refractivity contribution is -0.122. The van der Waals surface area contributed by atoms with Crippen molar-refractivity contribution in [2.75, 3.05) is 11.8 Å². The predicted molar refractivity (Wildman–Crippen MR) is 55.3 cm³/mol. The highest BCUT2D eigenvalue weighted by molar-refractivity contribution is 6.22. The van der Waals surface area contributed by atoms with E-state index in [1.165, 1.54) is 12.8 Å². The van der Waals surface area contributed by atoms with Crippen LogP contribution in [0.5, 0.6) is 0 Å². The molecule has 0 aliphatic heterocycles. The van der Waals surface area contributed by atoms with Gasteiger partial charge in [0.05, 0.1) is 5.54 Å². The fourth-order valence-corrected chi connectivity index (χ4v) is 1.49. The fourth-order valence-electron chi connectivity index (χ4n) is 1.07. The number of halogens is 2. The van der Waals surface area contributed by atoms with Gasteiger partial charge in [-0.1, -0.05) is 0 Å². The number of carbonyl (C=O) groups is 1. The van der Waals surface area contributed by atoms with E-state index >= 15 is 0 Å². The molecule has 0 radical (unpaired) electrons. The van der Waals surface area contributed by atoms with Gasteiger partial charge in [0.15, 0.2) is 0 Å². The number of hydrogen-bond donors (Lipinski definition) is 1. The first kappa shape index (κ1) is 11.1. The molecule has 0 atom stereocenters. The Hall–Kier alpha value is 0.0500. The van der Waals surface area contributed by atoms with Gasteiger partial charge in [0, 0.05) is 18.2 Å². The standard InChI is InChI=1S/C9H15Cl2NO/c1-9(5-10,6-11)12-8(13)4-7-2-3-7/h7H,2-6H2,1H3,(H,12,13). The molecule has 0 heterocycles. The van der Waals surface area contributed by atoms with E-state index in [0.29, 0.717) is 24.1 Å². The number of hydrogen-bond acceptors (Lipinski definition) is 1. The van der Waals surface area contributed by atoms with Crippen molar-refractivity contribution in [3.8, 4) is 0 Å². The molecule has 1 aliphatic rings. The molecule has 13 heavy (non-hydrogen) atoms. The minimum Gasteiger partial charge on any atom is -0.349 e. The Morgan fingerprint density at radius 1 is 1.46 bits per heavy atom. The Balaban J connectivity index is 2.31. The lowest BCUT2D eigenvalue weighted by Gasteiger charge is -2.25. The highest BCUT2D eigenvalue weighted by atomic mass is 35.5. The molecule has 76 valence electrons. The molecule has 1 amide bonds. The molecule has 1 fully saturated rings. The van der Waals surface area contributed by atoms with Crippen LogP contribution in [-0.2, 0) is 4.79 Å². The Morgan fingerprint density at radius 2 is 2.00 bits per heavy atom. The van der Waals surface area contributed by atoms with Crippen LogP contribution in [-0.4, -0.2) is 23.2 Å². The second-order valence-corrected chi connectivity index (χ2v) is 4.56. The molecule has 0 aromatic heterocycles. The van der Waals surface area contributed by atoms with Crippen molar-refractivity contribution >= 4 is 29.1 Å². The van der Waals surface area contributed by atoms with Crippen LogP contribution in [0.15, 0.2) is 0 Å². The van der Waals surface area contributed by atoms with E-state index in [1.54, 1.807) is 0 Å². The maximum atomic E-state index is 11.4. The molecular formula is C9H15Cl2NO. The van der Waals surface area contributed by atoms with Gasteiger partial charge in [0.2, 0.25) is 5.91 Å². The summed E-state index contributed by atoms with van der Waals surface area (Å²) in [6, 6.07) is 0. The average molecular weight is 224 g/mol. The maximum Gasteiger partial charge on any atom is 0.220 e. The van der Waals surface area contributed by atoms with Crippen LogP contribution in [0.2, 0.25) is 0 Å². The summed E-state index contributed by atoms with van der Waals surface area (Å²) in [7, 11) is 0. The summed E-state index contributed by atoms with van der Waals surface area (Å²) < 4.78 is 0. The van der Waals surface area contributed by atoms with Gasteiger partial charge in [-0.2, -0.15) is 0 Å². The molecule has 0 unspecified atom stereocenters. The number of nitrogens with one attached hydrogen (secondary N) is 1. The largest absolute Gasteiger partial charge is 0.349 e. The molecule has 0 aromatic carbocycles. The zero-order chi connectivity index (χ0) is 9.90. The predicted octanol–water partition coefficient (Wildman–Crippen LogP) is 2.14. The minimum atomic E-state index is -0.449. The monoisotopic (exact) mass is 223 g/mol. The first-order valence-corrected chi connectivity index (χ1v) is 5.59. The molecule has 0 spiro atoms. The van der Waals surface area contributed by atoms with Crippen molar-refractivity contribution in [2.24, 2.45) is 5.92 Å². The van der Waals surface area contributed by atoms with Gasteiger partial charge in [-0.25, -0.2) is 0 Å². The molecule has 0 bridgehead atoms. The third-order valence-electron chi connectivity index (χ3n) is 2.20. The van der Waals surface area contributed by atoms with Crippen LogP contribution in [0.4, 0.5) is 0 Å². The van der Waals surface area contributed by atoms with E-state index in [2.05, 4.69) is 5.32 Å². The number of carbonyl (C=O) groups excluding carboxylic acids is 1. The summed E-state index contributed by atoms with van der Waals surface area (Å²) >= 11 is 11.4. The summed E-state index contributed by atoms with van der Waals surface area (Å²) in [4.78, 5) is 11.4. The normalized spacial score (nSPS) is 17.2. The molecule has 0 saturated heterocycles. The van der Waals surface area contributed by atoms with Gasteiger partial charge in [-0.3, -0.25) is 4.79 Å². The van der Waals surface area contributed by atoms with Crippen LogP contribution in [0.25, 0.3) is 0 Å². The zero-order valence-corrected chi connectivity index (χ0v) is 9.29. The molecule has 1 saturated carbocycles. The lowest BCUT2D eigenvalue weighted by Crippen LogP contribution is -2.49. The Bertz CT molecular complexity index is 188. The topological polar surface area (TPSA) is 29.1 Å². The van der Waals surface area contributed by atoms with E-state index in [4.69, 9.17) is 23.2 Å². The van der Waals surface area contributed by atoms with Gasteiger partial charge < -0.3 is 5.32 Å². The van der Waals surface area contributed by atoms with E-state index < -0.39 is 5.54 Å². The molecule has 1 N–H and O–H groups in total. The summed E-state index contributed by atoms with van der Waals surface area (Å²) in [6.45, 7) is 1.86. The van der Waals surface area contributed by atoms with E-state index in [1.807, 2.05) is 6.92 Å². The fraction of sp³-hybridized carbons (Fsp3) is 0.889. The first-order chi connectivity index (χ1) is 6.09. The van der Waals surface area contributed by atoms with E-state index in [9.17, 15) is 4.79 Å². The highest BCUT2D eigenvalue weighted by Gasteiger charge is 2.29. The molecule has 4 heteroatoms. The molecule has 1 rings (SSSR count). The number of alkyl halides is 2. The van der Waals surface area contributed by atoms with Crippen molar-refractivity contribution in [1.29, 1.82) is 0 Å². The van der Waals surface area contributed by atoms with Gasteiger partial charge in [-0.15, -0.1) is 23.2 Å². The van der Waals surface area contributed by atoms with Crippen LogP contribution < -0.4 is 5.32 Å². The maximum absolute atomic E-state index is 11.4. The highest BCUT2D eigenvalue weighted by Crippen LogP contribution is 2.32. The first-order valence-electron chi connectivity index (χ1n) is 4.52. The van der Waals surface area contributed by atoms with Crippen LogP contribution in [0.3, 0.4) is 0 Å². The number of rotatable bonds is 5. The molecule has 0 aromatic rings. The Morgan fingerprint density at radius 3 is 2.38 bits per heavy atom. The molecular weight excluding hydrogens is 209 g/mol. The van der Waals surface area contributed by atoms with Crippen LogP contribution in [0.1, 0.15) is 26.2 Å². The molecule has 2 nitrogen and oxygen atoms in total. The number of amides is 1. The zero-order valence-electron chi connectivity index (χ0n) is 7.78. The van der Waals surface area contributed by atoms with Gasteiger partial charge in [0.25, 0.3) is 0 Å². The third-order valence-corrected chi connectivity index (χ3v) is 3.38. The van der Waals surface area contributed by atoms with E-state index in [-0.39, 0.29) is 5.91 Å². The Labute approximate surface area is 89.0 Å². The molecule has 1 aliphatic carbocycles. The quantitative estimate of drug-likeness (QED) is 0.712. The SMILES string of the molecule is CC(CCl)(CCl)NC(=O)CC1CC1. The third kappa shape index (κ3) is 3.74. The summed E-state index contributed by atoms with van der Waals surface area (Å²) in [5.41, 5.74) is -0.449. The van der Waals surface area contributed by atoms with Crippen molar-refractivity contribution in [1.82, 2.24) is 5.32 Å². The second-order valence-electron chi connectivity index (χ2n) is 4.02. The summed E-state index contributed by atoms with van der Waals surface area (Å²) in [6.07, 6.45) is 3.00. The van der Waals surface area contributed by atoms with Crippen LogP contribution in [0, 0.1) is 5.92 Å². The lowest BCUT2D eigenvalue weighted by atomic mass is 10.1. The second kappa shape index (κ2) is 4.52. The van der Waals surface area contributed by atoms with Crippen molar-refractivity contribution in [3.63, 3.8) is 0 Å². The van der Waals surface area contributed by atoms with Crippen molar-refractivity contribution in [2.45, 2.75) is 31.7 Å². The average Bonchev–Trinajstić information content (AvgIpc) is 2.88. The van der Waals surface area contributed by atoms with Crippen molar-refractivity contribution < 1.29 is 4.79 Å². The smallest absolute Gasteiger partial charge is 0.220 e. The van der Waals surface area contributed by atoms with Gasteiger partial charge in [0.1, 0.15) is 0 Å².